The number of fused-ring (bicyclic) bond motifs is 1. The van der Waals surface area contributed by atoms with Gasteiger partial charge in [0.1, 0.15) is 6.54 Å². The van der Waals surface area contributed by atoms with E-state index in [1.165, 1.54) is 12.1 Å². The zero-order valence-corrected chi connectivity index (χ0v) is 22.2. The maximum Gasteiger partial charge on any atom is 0.294 e. The highest BCUT2D eigenvalue weighted by Gasteiger charge is 2.36. The molecule has 39 heavy (non-hydrogen) atoms. The first-order chi connectivity index (χ1) is 18.7. The minimum atomic E-state index is -0.547. The maximum atomic E-state index is 13.1. The quantitative estimate of drug-likeness (QED) is 0.163. The number of nitro groups is 1. The van der Waals surface area contributed by atoms with E-state index in [0.717, 1.165) is 44.3 Å². The predicted octanol–water partition coefficient (Wildman–Crippen LogP) is 6.23. The number of carbonyl (C=O) groups excluding carboxylic acids is 3. The van der Waals surface area contributed by atoms with Crippen LogP contribution in [0.25, 0.3) is 17.0 Å². The Kier molecular flexibility index (Phi) is 7.23. The van der Waals surface area contributed by atoms with Crippen molar-refractivity contribution in [1.29, 1.82) is 0 Å². The van der Waals surface area contributed by atoms with Gasteiger partial charge in [-0.1, -0.05) is 48.0 Å². The highest BCUT2D eigenvalue weighted by molar-refractivity contribution is 8.18. The SMILES string of the molecule is Cc1ccc(NC(=O)CN2C(=O)S/C(=C/c3cn(Cc4ccc([N+](=O)[O-])cc4)c4ccccc34)C2=O)cc1Cl. The third kappa shape index (κ3) is 5.57. The van der Waals surface area contributed by atoms with Crippen molar-refractivity contribution in [3.63, 3.8) is 0 Å². The monoisotopic (exact) mass is 560 g/mol. The van der Waals surface area contributed by atoms with Gasteiger partial charge in [-0.25, -0.2) is 0 Å². The summed E-state index contributed by atoms with van der Waals surface area (Å²) in [5.74, 6) is -1.06. The smallest absolute Gasteiger partial charge is 0.294 e. The normalized spacial score (nSPS) is 14.4. The molecule has 2 heterocycles. The number of nitrogens with one attached hydrogen (secondary N) is 1. The highest BCUT2D eigenvalue weighted by atomic mass is 35.5. The molecule has 0 spiro atoms. The number of halogens is 1. The van der Waals surface area contributed by atoms with E-state index in [4.69, 9.17) is 11.6 Å². The molecule has 11 heteroatoms. The van der Waals surface area contributed by atoms with E-state index in [-0.39, 0.29) is 10.6 Å². The van der Waals surface area contributed by atoms with Crippen molar-refractivity contribution in [2.24, 2.45) is 0 Å². The molecule has 3 aromatic carbocycles. The molecule has 0 radical (unpaired) electrons. The Labute approximate surface area is 232 Å². The van der Waals surface area contributed by atoms with E-state index < -0.39 is 28.5 Å². The van der Waals surface area contributed by atoms with Gasteiger partial charge in [0.15, 0.2) is 0 Å². The van der Waals surface area contributed by atoms with Crippen LogP contribution in [0.1, 0.15) is 16.7 Å². The number of benzene rings is 3. The van der Waals surface area contributed by atoms with Crippen LogP contribution in [0.2, 0.25) is 5.02 Å². The number of carbonyl (C=O) groups is 3. The first-order valence-corrected chi connectivity index (χ1v) is 13.0. The van der Waals surface area contributed by atoms with Crippen LogP contribution >= 0.6 is 23.4 Å². The first kappa shape index (κ1) is 26.2. The van der Waals surface area contributed by atoms with Gasteiger partial charge in [-0.15, -0.1) is 0 Å². The fourth-order valence-corrected chi connectivity index (χ4v) is 5.24. The van der Waals surface area contributed by atoms with Crippen LogP contribution in [0.15, 0.2) is 77.8 Å². The summed E-state index contributed by atoms with van der Waals surface area (Å²) in [5.41, 5.74) is 3.85. The highest BCUT2D eigenvalue weighted by Crippen LogP contribution is 2.34. The largest absolute Gasteiger partial charge is 0.342 e. The number of imide groups is 1. The van der Waals surface area contributed by atoms with Crippen LogP contribution in [-0.4, -0.2) is 38.0 Å². The minimum absolute atomic E-state index is 0.0175. The summed E-state index contributed by atoms with van der Waals surface area (Å²) >= 11 is 6.89. The fourth-order valence-electron chi connectivity index (χ4n) is 4.23. The van der Waals surface area contributed by atoms with E-state index in [2.05, 4.69) is 5.32 Å². The number of anilines is 1. The summed E-state index contributed by atoms with van der Waals surface area (Å²) in [6.07, 6.45) is 3.52. The number of hydrogen-bond acceptors (Lipinski definition) is 6. The molecular formula is C28H21ClN4O5S. The Hall–Kier alpha value is -4.41. The van der Waals surface area contributed by atoms with Crippen molar-refractivity contribution in [1.82, 2.24) is 9.47 Å². The van der Waals surface area contributed by atoms with Crippen LogP contribution in [0.3, 0.4) is 0 Å². The van der Waals surface area contributed by atoms with E-state index in [9.17, 15) is 24.5 Å². The number of aryl methyl sites for hydroxylation is 1. The zero-order valence-electron chi connectivity index (χ0n) is 20.6. The van der Waals surface area contributed by atoms with Crippen LogP contribution < -0.4 is 5.32 Å². The number of hydrogen-bond donors (Lipinski definition) is 1. The van der Waals surface area contributed by atoms with Crippen molar-refractivity contribution < 1.29 is 19.3 Å². The average Bonchev–Trinajstić information content (AvgIpc) is 3.38. The molecule has 5 rings (SSSR count). The average molecular weight is 561 g/mol. The van der Waals surface area contributed by atoms with Gasteiger partial charge in [0.05, 0.1) is 9.83 Å². The van der Waals surface area contributed by atoms with Gasteiger partial charge in [0.2, 0.25) is 5.91 Å². The van der Waals surface area contributed by atoms with Crippen molar-refractivity contribution in [2.75, 3.05) is 11.9 Å². The number of thioether (sulfide) groups is 1. The molecule has 9 nitrogen and oxygen atoms in total. The second-order valence-electron chi connectivity index (χ2n) is 8.93. The lowest BCUT2D eigenvalue weighted by Gasteiger charge is -2.12. The summed E-state index contributed by atoms with van der Waals surface area (Å²) in [6, 6.07) is 19.0. The molecule has 0 unspecified atom stereocenters. The second-order valence-corrected chi connectivity index (χ2v) is 10.3. The molecule has 1 fully saturated rings. The number of nitrogens with zero attached hydrogens (tertiary/aromatic N) is 3. The Bertz CT molecular complexity index is 1680. The summed E-state index contributed by atoms with van der Waals surface area (Å²) in [7, 11) is 0. The summed E-state index contributed by atoms with van der Waals surface area (Å²) in [5, 5.41) is 14.5. The minimum Gasteiger partial charge on any atom is -0.342 e. The van der Waals surface area contributed by atoms with E-state index in [1.54, 1.807) is 36.4 Å². The number of nitro benzene ring substituents is 1. The molecule has 3 amide bonds. The summed E-state index contributed by atoms with van der Waals surface area (Å²) in [4.78, 5) is 49.9. The number of amides is 3. The van der Waals surface area contributed by atoms with Gasteiger partial charge < -0.3 is 9.88 Å². The first-order valence-electron chi connectivity index (χ1n) is 11.8. The van der Waals surface area contributed by atoms with Crippen molar-refractivity contribution >= 4 is 68.8 Å². The molecule has 1 N–H and O–H groups in total. The predicted molar refractivity (Wildman–Crippen MR) is 152 cm³/mol. The van der Waals surface area contributed by atoms with Gasteiger partial charge in [-0.3, -0.25) is 29.4 Å². The molecule has 4 aromatic rings. The Morgan fingerprint density at radius 1 is 1.10 bits per heavy atom. The molecule has 1 aliphatic heterocycles. The molecule has 196 valence electrons. The third-order valence-electron chi connectivity index (χ3n) is 6.24. The van der Waals surface area contributed by atoms with Crippen LogP contribution in [0.5, 0.6) is 0 Å². The van der Waals surface area contributed by atoms with Gasteiger partial charge >= 0.3 is 0 Å². The Morgan fingerprint density at radius 3 is 2.56 bits per heavy atom. The molecule has 1 aromatic heterocycles. The van der Waals surface area contributed by atoms with Crippen LogP contribution in [0.4, 0.5) is 16.2 Å². The van der Waals surface area contributed by atoms with Gasteiger partial charge in [-0.05, 0) is 54.1 Å². The zero-order chi connectivity index (χ0) is 27.7. The van der Waals surface area contributed by atoms with Gasteiger partial charge in [0.25, 0.3) is 16.8 Å². The maximum absolute atomic E-state index is 13.1. The molecular weight excluding hydrogens is 540 g/mol. The van der Waals surface area contributed by atoms with Crippen LogP contribution in [0, 0.1) is 17.0 Å². The molecule has 1 aliphatic rings. The number of para-hydroxylation sites is 1. The third-order valence-corrected chi connectivity index (χ3v) is 7.55. The lowest BCUT2D eigenvalue weighted by atomic mass is 10.1. The summed E-state index contributed by atoms with van der Waals surface area (Å²) < 4.78 is 1.98. The van der Waals surface area contributed by atoms with Crippen LogP contribution in [-0.2, 0) is 16.1 Å². The van der Waals surface area contributed by atoms with Crippen molar-refractivity contribution in [3.05, 3.63) is 110 Å². The molecule has 0 aliphatic carbocycles. The molecule has 0 bridgehead atoms. The summed E-state index contributed by atoms with van der Waals surface area (Å²) in [6.45, 7) is 1.88. The Balaban J connectivity index is 1.35. The molecule has 0 saturated carbocycles. The number of non-ortho nitro benzene ring substituents is 1. The Morgan fingerprint density at radius 2 is 1.85 bits per heavy atom. The fraction of sp³-hybridized carbons (Fsp3) is 0.107. The molecule has 1 saturated heterocycles. The van der Waals surface area contributed by atoms with Gasteiger partial charge in [0, 0.05) is 52.1 Å². The van der Waals surface area contributed by atoms with E-state index in [0.29, 0.717) is 17.3 Å². The topological polar surface area (TPSA) is 115 Å². The lowest BCUT2D eigenvalue weighted by molar-refractivity contribution is -0.384. The number of aromatic nitrogens is 1. The standard InChI is InChI=1S/C28H21ClN4O5S/c1-17-6-9-20(13-23(17)29)30-26(34)16-32-27(35)25(39-28(32)36)12-19-15-31(24-5-3-2-4-22(19)24)14-18-7-10-21(11-8-18)33(37)38/h2-13,15H,14,16H2,1H3,(H,30,34)/b25-12+. The van der Waals surface area contributed by atoms with E-state index >= 15 is 0 Å². The molecule has 0 atom stereocenters. The van der Waals surface area contributed by atoms with Gasteiger partial charge in [-0.2, -0.15) is 0 Å². The lowest BCUT2D eigenvalue weighted by Crippen LogP contribution is -2.36. The second kappa shape index (κ2) is 10.8. The van der Waals surface area contributed by atoms with E-state index in [1.807, 2.05) is 42.0 Å². The van der Waals surface area contributed by atoms with Crippen molar-refractivity contribution in [2.45, 2.75) is 13.5 Å². The van der Waals surface area contributed by atoms with Crippen molar-refractivity contribution in [3.8, 4) is 0 Å². The number of rotatable bonds is 7.